The van der Waals surface area contributed by atoms with Crippen molar-refractivity contribution in [2.45, 2.75) is 36.7 Å². The van der Waals surface area contributed by atoms with Crippen LogP contribution in [0.5, 0.6) is 5.75 Å². The summed E-state index contributed by atoms with van der Waals surface area (Å²) >= 11 is 0. The molecule has 106 valence electrons. The van der Waals surface area contributed by atoms with Crippen LogP contribution in [-0.4, -0.2) is 44.1 Å². The molecule has 1 aliphatic carbocycles. The van der Waals surface area contributed by atoms with Gasteiger partial charge in [-0.05, 0) is 38.9 Å². The molecule has 1 saturated carbocycles. The highest BCUT2D eigenvalue weighted by Gasteiger charge is 2.29. The first-order valence-corrected chi connectivity index (χ1v) is 7.89. The van der Waals surface area contributed by atoms with E-state index in [4.69, 9.17) is 0 Å². The van der Waals surface area contributed by atoms with Crippen molar-refractivity contribution in [1.29, 1.82) is 0 Å². The third-order valence-electron chi connectivity index (χ3n) is 3.54. The lowest BCUT2D eigenvalue weighted by molar-refractivity contribution is 0.248. The Morgan fingerprint density at radius 3 is 2.63 bits per heavy atom. The molecule has 0 heterocycles. The van der Waals surface area contributed by atoms with Gasteiger partial charge in [0.2, 0.25) is 10.0 Å². The number of likely N-dealkylation sites (N-methyl/N-ethyl adjacent to an activating group) is 1. The largest absolute Gasteiger partial charge is 0.507 e. The van der Waals surface area contributed by atoms with Crippen molar-refractivity contribution in [3.05, 3.63) is 24.3 Å². The number of sulfonamides is 1. The Morgan fingerprint density at radius 1 is 1.42 bits per heavy atom. The topological polar surface area (TPSA) is 69.6 Å². The van der Waals surface area contributed by atoms with Crippen molar-refractivity contribution in [2.24, 2.45) is 0 Å². The van der Waals surface area contributed by atoms with Gasteiger partial charge in [-0.1, -0.05) is 12.1 Å². The predicted molar refractivity (Wildman–Crippen MR) is 73.5 cm³/mol. The lowest BCUT2D eigenvalue weighted by atomic mass is 10.3. The molecule has 1 aromatic rings. The monoisotopic (exact) mass is 284 g/mol. The molecule has 1 fully saturated rings. The van der Waals surface area contributed by atoms with E-state index in [9.17, 15) is 13.5 Å². The molecule has 2 N–H and O–H groups in total. The first kappa shape index (κ1) is 14.3. The molecule has 1 unspecified atom stereocenters. The fourth-order valence-corrected chi connectivity index (χ4v) is 3.20. The van der Waals surface area contributed by atoms with Gasteiger partial charge in [-0.15, -0.1) is 0 Å². The zero-order chi connectivity index (χ0) is 14.0. The number of phenolic OH excluding ortho intramolecular Hbond substituents is 1. The Morgan fingerprint density at radius 2 is 2.05 bits per heavy atom. The van der Waals surface area contributed by atoms with Crippen molar-refractivity contribution in [3.8, 4) is 5.75 Å². The number of phenols is 1. The van der Waals surface area contributed by atoms with Crippen LogP contribution in [0.4, 0.5) is 0 Å². The number of para-hydroxylation sites is 1. The number of nitrogens with zero attached hydrogens (tertiary/aromatic N) is 1. The van der Waals surface area contributed by atoms with Crippen molar-refractivity contribution in [1.82, 2.24) is 9.62 Å². The number of rotatable bonds is 6. The molecule has 0 bridgehead atoms. The summed E-state index contributed by atoms with van der Waals surface area (Å²) in [5.74, 6) is -0.224. The smallest absolute Gasteiger partial charge is 0.244 e. The lowest BCUT2D eigenvalue weighted by Gasteiger charge is -2.24. The standard InChI is InChI=1S/C13H20N2O3S/c1-10(15(2)11-7-8-11)9-14-19(17,18)13-6-4-3-5-12(13)16/h3-6,10-11,14,16H,7-9H2,1-2H3. The molecule has 0 spiro atoms. The highest BCUT2D eigenvalue weighted by Crippen LogP contribution is 2.27. The quantitative estimate of drug-likeness (QED) is 0.822. The second-order valence-corrected chi connectivity index (χ2v) is 6.80. The number of nitrogens with one attached hydrogen (secondary N) is 1. The molecule has 0 radical (unpaired) electrons. The van der Waals surface area contributed by atoms with Gasteiger partial charge in [0.15, 0.2) is 0 Å². The van der Waals surface area contributed by atoms with Gasteiger partial charge in [-0.25, -0.2) is 13.1 Å². The third kappa shape index (κ3) is 3.46. The molecule has 1 aromatic carbocycles. The zero-order valence-electron chi connectivity index (χ0n) is 11.2. The van der Waals surface area contributed by atoms with E-state index in [2.05, 4.69) is 9.62 Å². The highest BCUT2D eigenvalue weighted by molar-refractivity contribution is 7.89. The third-order valence-corrected chi connectivity index (χ3v) is 5.01. The molecular formula is C13H20N2O3S. The van der Waals surface area contributed by atoms with E-state index in [-0.39, 0.29) is 16.7 Å². The van der Waals surface area contributed by atoms with Crippen LogP contribution in [0.15, 0.2) is 29.2 Å². The Bertz CT molecular complexity index is 541. The first-order valence-electron chi connectivity index (χ1n) is 6.41. The second-order valence-electron chi connectivity index (χ2n) is 5.07. The van der Waals surface area contributed by atoms with Gasteiger partial charge >= 0.3 is 0 Å². The van der Waals surface area contributed by atoms with E-state index >= 15 is 0 Å². The average Bonchev–Trinajstić information content (AvgIpc) is 3.19. The van der Waals surface area contributed by atoms with Gasteiger partial charge in [-0.2, -0.15) is 0 Å². The molecule has 0 amide bonds. The molecule has 2 rings (SSSR count). The molecule has 6 heteroatoms. The van der Waals surface area contributed by atoms with Crippen LogP contribution in [0.2, 0.25) is 0 Å². The number of aromatic hydroxyl groups is 1. The van der Waals surface area contributed by atoms with Crippen LogP contribution >= 0.6 is 0 Å². The minimum Gasteiger partial charge on any atom is -0.507 e. The molecule has 1 aliphatic rings. The number of benzene rings is 1. The number of hydrogen-bond donors (Lipinski definition) is 2. The van der Waals surface area contributed by atoms with Gasteiger partial charge < -0.3 is 5.11 Å². The van der Waals surface area contributed by atoms with E-state index < -0.39 is 10.0 Å². The minimum absolute atomic E-state index is 0.0729. The van der Waals surface area contributed by atoms with Crippen LogP contribution in [0.1, 0.15) is 19.8 Å². The van der Waals surface area contributed by atoms with E-state index in [1.807, 2.05) is 14.0 Å². The van der Waals surface area contributed by atoms with Gasteiger partial charge in [0, 0.05) is 18.6 Å². The molecule has 5 nitrogen and oxygen atoms in total. The average molecular weight is 284 g/mol. The zero-order valence-corrected chi connectivity index (χ0v) is 12.0. The van der Waals surface area contributed by atoms with Crippen molar-refractivity contribution >= 4 is 10.0 Å². The van der Waals surface area contributed by atoms with Gasteiger partial charge in [-0.3, -0.25) is 4.90 Å². The van der Waals surface area contributed by atoms with Crippen LogP contribution in [-0.2, 0) is 10.0 Å². The fraction of sp³-hybridized carbons (Fsp3) is 0.538. The summed E-state index contributed by atoms with van der Waals surface area (Å²) in [5.41, 5.74) is 0. The van der Waals surface area contributed by atoms with Crippen molar-refractivity contribution in [3.63, 3.8) is 0 Å². The summed E-state index contributed by atoms with van der Waals surface area (Å²) < 4.78 is 26.7. The molecular weight excluding hydrogens is 264 g/mol. The maximum absolute atomic E-state index is 12.1. The summed E-state index contributed by atoms with van der Waals surface area (Å²) in [4.78, 5) is 2.11. The van der Waals surface area contributed by atoms with Crippen LogP contribution in [0.3, 0.4) is 0 Å². The normalized spacial score (nSPS) is 17.6. The Labute approximate surface area is 114 Å². The van der Waals surface area contributed by atoms with E-state index in [1.54, 1.807) is 12.1 Å². The second kappa shape index (κ2) is 5.48. The minimum atomic E-state index is -3.65. The lowest BCUT2D eigenvalue weighted by Crippen LogP contribution is -2.41. The first-order chi connectivity index (χ1) is 8.92. The van der Waals surface area contributed by atoms with Crippen LogP contribution in [0, 0.1) is 0 Å². The van der Waals surface area contributed by atoms with Crippen LogP contribution in [0.25, 0.3) is 0 Å². The van der Waals surface area contributed by atoms with Gasteiger partial charge in [0.05, 0.1) is 0 Å². The summed E-state index contributed by atoms with van der Waals surface area (Å²) in [6.07, 6.45) is 2.38. The Hall–Kier alpha value is -1.11. The highest BCUT2D eigenvalue weighted by atomic mass is 32.2. The Balaban J connectivity index is 2.00. The van der Waals surface area contributed by atoms with Crippen molar-refractivity contribution in [2.75, 3.05) is 13.6 Å². The van der Waals surface area contributed by atoms with E-state index in [1.165, 1.54) is 25.0 Å². The molecule has 1 atom stereocenters. The maximum atomic E-state index is 12.1. The molecule has 0 aromatic heterocycles. The summed E-state index contributed by atoms with van der Waals surface area (Å²) in [6.45, 7) is 2.33. The van der Waals surface area contributed by atoms with Crippen LogP contribution < -0.4 is 4.72 Å². The summed E-state index contributed by atoms with van der Waals surface area (Å²) in [7, 11) is -1.64. The Kier molecular flexibility index (Phi) is 4.13. The van der Waals surface area contributed by atoms with Gasteiger partial charge in [0.25, 0.3) is 0 Å². The fourth-order valence-electron chi connectivity index (χ4n) is 1.98. The van der Waals surface area contributed by atoms with Crippen molar-refractivity contribution < 1.29 is 13.5 Å². The molecule has 0 aliphatic heterocycles. The summed E-state index contributed by atoms with van der Waals surface area (Å²) in [5, 5.41) is 9.59. The molecule has 0 saturated heterocycles. The SMILES string of the molecule is CC(CNS(=O)(=O)c1ccccc1O)N(C)C1CC1. The number of hydrogen-bond acceptors (Lipinski definition) is 4. The summed E-state index contributed by atoms with van der Waals surface area (Å²) in [6, 6.07) is 6.67. The molecule has 19 heavy (non-hydrogen) atoms. The van der Waals surface area contributed by atoms with E-state index in [0.717, 1.165) is 0 Å². The maximum Gasteiger partial charge on any atom is 0.244 e. The van der Waals surface area contributed by atoms with Gasteiger partial charge in [0.1, 0.15) is 10.6 Å². The van der Waals surface area contributed by atoms with E-state index in [0.29, 0.717) is 12.6 Å². The predicted octanol–water partition coefficient (Wildman–Crippen LogP) is 1.15.